The first-order valence-electron chi connectivity index (χ1n) is 6.90. The van der Waals surface area contributed by atoms with E-state index in [9.17, 15) is 0 Å². The van der Waals surface area contributed by atoms with Crippen molar-refractivity contribution in [3.8, 4) is 0 Å². The third-order valence-electron chi connectivity index (χ3n) is 3.51. The van der Waals surface area contributed by atoms with Gasteiger partial charge < -0.3 is 10.7 Å². The Morgan fingerprint density at radius 2 is 2.15 bits per heavy atom. The molecule has 3 heterocycles. The summed E-state index contributed by atoms with van der Waals surface area (Å²) in [6.45, 7) is 5.08. The summed E-state index contributed by atoms with van der Waals surface area (Å²) in [6, 6.07) is 0. The van der Waals surface area contributed by atoms with Crippen molar-refractivity contribution in [1.82, 2.24) is 29.5 Å². The summed E-state index contributed by atoms with van der Waals surface area (Å²) >= 11 is 0. The highest BCUT2D eigenvalue weighted by Gasteiger charge is 2.16. The van der Waals surface area contributed by atoms with Gasteiger partial charge in [0.25, 0.3) is 0 Å². The highest BCUT2D eigenvalue weighted by molar-refractivity contribution is 5.84. The maximum absolute atomic E-state index is 5.87. The van der Waals surface area contributed by atoms with Gasteiger partial charge in [-0.2, -0.15) is 0 Å². The average Bonchev–Trinajstić information content (AvgIpc) is 3.03. The van der Waals surface area contributed by atoms with E-state index in [1.54, 1.807) is 12.7 Å². The molecule has 3 N–H and O–H groups in total. The Kier molecular flexibility index (Phi) is 3.35. The molecule has 0 aromatic carbocycles. The van der Waals surface area contributed by atoms with Gasteiger partial charge in [0.05, 0.1) is 6.33 Å². The van der Waals surface area contributed by atoms with Crippen LogP contribution in [0.5, 0.6) is 0 Å². The van der Waals surface area contributed by atoms with Crippen molar-refractivity contribution in [2.75, 3.05) is 6.54 Å². The average molecular weight is 273 g/mol. The molecule has 1 atom stereocenters. The first-order valence-corrected chi connectivity index (χ1v) is 6.90. The number of imidazole rings is 1. The van der Waals surface area contributed by atoms with Crippen LogP contribution in [0.4, 0.5) is 0 Å². The summed E-state index contributed by atoms with van der Waals surface area (Å²) in [7, 11) is 0. The Bertz CT molecular complexity index is 712. The van der Waals surface area contributed by atoms with E-state index in [0.29, 0.717) is 24.0 Å². The normalized spacial score (nSPS) is 13.6. The molecule has 0 amide bonds. The lowest BCUT2D eigenvalue weighted by Crippen LogP contribution is -2.20. The molecule has 0 saturated carbocycles. The summed E-state index contributed by atoms with van der Waals surface area (Å²) in [6.07, 6.45) is 5.26. The maximum Gasteiger partial charge on any atom is 0.189 e. The van der Waals surface area contributed by atoms with Crippen molar-refractivity contribution in [2.24, 2.45) is 17.6 Å². The summed E-state index contributed by atoms with van der Waals surface area (Å²) in [5.41, 5.74) is 8.11. The van der Waals surface area contributed by atoms with Crippen molar-refractivity contribution in [1.29, 1.82) is 0 Å². The number of fused-ring (bicyclic) bond motifs is 3. The quantitative estimate of drug-likeness (QED) is 0.727. The highest BCUT2D eigenvalue weighted by atomic mass is 15.3. The van der Waals surface area contributed by atoms with Crippen LogP contribution in [0, 0.1) is 11.8 Å². The van der Waals surface area contributed by atoms with Gasteiger partial charge in [0.2, 0.25) is 0 Å². The second-order valence-electron chi connectivity index (χ2n) is 5.59. The van der Waals surface area contributed by atoms with Gasteiger partial charge in [-0.15, -0.1) is 10.2 Å². The van der Waals surface area contributed by atoms with Crippen LogP contribution in [0.1, 0.15) is 26.1 Å². The molecular weight excluding hydrogens is 254 g/mol. The van der Waals surface area contributed by atoms with Crippen molar-refractivity contribution >= 4 is 16.8 Å². The molecule has 3 aromatic rings. The van der Waals surface area contributed by atoms with Gasteiger partial charge in [0.15, 0.2) is 11.3 Å². The lowest BCUT2D eigenvalue weighted by atomic mass is 9.94. The lowest BCUT2D eigenvalue weighted by molar-refractivity contribution is 0.407. The second-order valence-corrected chi connectivity index (χ2v) is 5.59. The maximum atomic E-state index is 5.87. The number of hydrogen-bond donors (Lipinski definition) is 2. The summed E-state index contributed by atoms with van der Waals surface area (Å²) in [5.74, 6) is 1.94. The minimum atomic E-state index is 0.417. The Balaban J connectivity index is 1.95. The van der Waals surface area contributed by atoms with Gasteiger partial charge in [-0.3, -0.25) is 4.40 Å². The molecule has 0 spiro atoms. The summed E-state index contributed by atoms with van der Waals surface area (Å²) < 4.78 is 1.92. The molecule has 7 nitrogen and oxygen atoms in total. The van der Waals surface area contributed by atoms with Crippen LogP contribution in [-0.2, 0) is 6.42 Å². The predicted octanol–water partition coefficient (Wildman–Crippen LogP) is 1.16. The van der Waals surface area contributed by atoms with Gasteiger partial charge in [-0.25, -0.2) is 9.97 Å². The van der Waals surface area contributed by atoms with Crippen molar-refractivity contribution in [2.45, 2.75) is 26.7 Å². The Morgan fingerprint density at radius 1 is 1.30 bits per heavy atom. The van der Waals surface area contributed by atoms with E-state index in [2.05, 4.69) is 39.0 Å². The minimum Gasteiger partial charge on any atom is -0.340 e. The Morgan fingerprint density at radius 3 is 2.90 bits per heavy atom. The number of aromatic nitrogens is 6. The van der Waals surface area contributed by atoms with E-state index in [1.165, 1.54) is 0 Å². The molecule has 0 aliphatic carbocycles. The van der Waals surface area contributed by atoms with Gasteiger partial charge in [0, 0.05) is 6.42 Å². The van der Waals surface area contributed by atoms with Gasteiger partial charge in [-0.1, -0.05) is 13.8 Å². The first-order chi connectivity index (χ1) is 9.69. The van der Waals surface area contributed by atoms with E-state index in [0.717, 1.165) is 29.8 Å². The zero-order valence-corrected chi connectivity index (χ0v) is 11.7. The van der Waals surface area contributed by atoms with Crippen LogP contribution in [-0.4, -0.2) is 36.1 Å². The smallest absolute Gasteiger partial charge is 0.189 e. The molecule has 0 fully saturated rings. The summed E-state index contributed by atoms with van der Waals surface area (Å²) in [5, 5.41) is 8.54. The van der Waals surface area contributed by atoms with Gasteiger partial charge >= 0.3 is 0 Å². The van der Waals surface area contributed by atoms with Crippen LogP contribution in [0.15, 0.2) is 12.7 Å². The van der Waals surface area contributed by atoms with Crippen molar-refractivity contribution < 1.29 is 0 Å². The zero-order valence-electron chi connectivity index (χ0n) is 11.7. The predicted molar refractivity (Wildman–Crippen MR) is 76.1 cm³/mol. The van der Waals surface area contributed by atoms with Gasteiger partial charge in [-0.05, 0) is 24.8 Å². The monoisotopic (exact) mass is 273 g/mol. The molecule has 20 heavy (non-hydrogen) atoms. The number of nitrogens with two attached hydrogens (primary N) is 1. The fraction of sp³-hybridized carbons (Fsp3) is 0.538. The molecule has 106 valence electrons. The number of aromatic amines is 1. The number of nitrogens with zero attached hydrogens (tertiary/aromatic N) is 5. The van der Waals surface area contributed by atoms with E-state index in [-0.39, 0.29) is 0 Å². The van der Waals surface area contributed by atoms with E-state index < -0.39 is 0 Å². The zero-order chi connectivity index (χ0) is 14.1. The molecule has 1 unspecified atom stereocenters. The lowest BCUT2D eigenvalue weighted by Gasteiger charge is -2.15. The molecule has 3 rings (SSSR count). The SMILES string of the molecule is CC(C)CC(CN)Cc1nnc2c3[nH]cnc3ncn12. The molecule has 0 radical (unpaired) electrons. The Hall–Kier alpha value is -2.02. The largest absolute Gasteiger partial charge is 0.340 e. The van der Waals surface area contributed by atoms with Crippen LogP contribution in [0.2, 0.25) is 0 Å². The van der Waals surface area contributed by atoms with Crippen LogP contribution in [0.25, 0.3) is 16.8 Å². The van der Waals surface area contributed by atoms with Crippen molar-refractivity contribution in [3.05, 3.63) is 18.5 Å². The highest BCUT2D eigenvalue weighted by Crippen LogP contribution is 2.18. The van der Waals surface area contributed by atoms with Crippen LogP contribution >= 0.6 is 0 Å². The van der Waals surface area contributed by atoms with E-state index in [1.807, 2.05) is 4.40 Å². The Labute approximate surface area is 116 Å². The first kappa shape index (κ1) is 13.0. The third kappa shape index (κ3) is 2.24. The molecular formula is C13H19N7. The third-order valence-corrected chi connectivity index (χ3v) is 3.51. The summed E-state index contributed by atoms with van der Waals surface area (Å²) in [4.78, 5) is 11.5. The number of hydrogen-bond acceptors (Lipinski definition) is 5. The second kappa shape index (κ2) is 5.16. The minimum absolute atomic E-state index is 0.417. The number of H-pyrrole nitrogens is 1. The van der Waals surface area contributed by atoms with Crippen LogP contribution in [0.3, 0.4) is 0 Å². The molecule has 0 aliphatic heterocycles. The van der Waals surface area contributed by atoms with E-state index >= 15 is 0 Å². The fourth-order valence-electron chi connectivity index (χ4n) is 2.60. The molecule has 3 aromatic heterocycles. The van der Waals surface area contributed by atoms with Crippen LogP contribution < -0.4 is 5.73 Å². The van der Waals surface area contributed by atoms with Crippen molar-refractivity contribution in [3.63, 3.8) is 0 Å². The molecule has 0 saturated heterocycles. The van der Waals surface area contributed by atoms with E-state index in [4.69, 9.17) is 5.73 Å². The fourth-order valence-corrected chi connectivity index (χ4v) is 2.60. The molecule has 0 bridgehead atoms. The molecule has 0 aliphatic rings. The number of rotatable bonds is 5. The standard InChI is InChI=1S/C13H19N7/c1-8(2)3-9(5-14)4-10-18-19-13-11-12(16-6-15-11)17-7-20(10)13/h6-9H,3-5,14H2,1-2H3,(H,15,16). The number of nitrogens with one attached hydrogen (secondary N) is 1. The molecule has 7 heteroatoms. The van der Waals surface area contributed by atoms with Gasteiger partial charge in [0.1, 0.15) is 17.7 Å². The topological polar surface area (TPSA) is 97.8 Å².